The molecule has 1 fully saturated rings. The van der Waals surface area contributed by atoms with Crippen LogP contribution in [0.3, 0.4) is 0 Å². The topological polar surface area (TPSA) is 86.1 Å². The van der Waals surface area contributed by atoms with Gasteiger partial charge in [0.2, 0.25) is 15.9 Å². The van der Waals surface area contributed by atoms with E-state index in [1.165, 1.54) is 16.6 Å². The van der Waals surface area contributed by atoms with Gasteiger partial charge in [-0.3, -0.25) is 10.1 Å². The van der Waals surface area contributed by atoms with E-state index in [-0.39, 0.29) is 12.1 Å². The maximum Gasteiger partial charge on any atom is 0.246 e. The molecule has 1 atom stereocenters. The van der Waals surface area contributed by atoms with Gasteiger partial charge in [-0.2, -0.15) is 4.31 Å². The van der Waals surface area contributed by atoms with E-state index in [0.717, 1.165) is 33.4 Å². The Kier molecular flexibility index (Phi) is 6.47. The van der Waals surface area contributed by atoms with Crippen molar-refractivity contribution in [2.75, 3.05) is 40.0 Å². The molecular weight excluding hydrogens is 440 g/mol. The first kappa shape index (κ1) is 23.3. The summed E-state index contributed by atoms with van der Waals surface area (Å²) in [6.45, 7) is 3.70. The van der Waals surface area contributed by atoms with Crippen LogP contribution in [-0.4, -0.2) is 74.6 Å². The van der Waals surface area contributed by atoms with Gasteiger partial charge in [0.15, 0.2) is 0 Å². The third kappa shape index (κ3) is 5.05. The van der Waals surface area contributed by atoms with E-state index in [2.05, 4.69) is 5.32 Å². The highest BCUT2D eigenvalue weighted by molar-refractivity contribution is 7.88. The Balaban J connectivity index is 1.47. The second-order valence-corrected chi connectivity index (χ2v) is 10.6. The molecule has 176 valence electrons. The highest BCUT2D eigenvalue weighted by Gasteiger charge is 2.29. The molecule has 4 rings (SSSR count). The number of fused-ring (bicyclic) bond motifs is 2. The van der Waals surface area contributed by atoms with Gasteiger partial charge in [-0.15, -0.1) is 0 Å². The van der Waals surface area contributed by atoms with Gasteiger partial charge in [0.05, 0.1) is 12.8 Å². The summed E-state index contributed by atoms with van der Waals surface area (Å²) in [4.78, 5) is 16.4. The van der Waals surface area contributed by atoms with Crippen molar-refractivity contribution in [3.63, 3.8) is 0 Å². The Morgan fingerprint density at radius 2 is 2.09 bits per heavy atom. The largest absolute Gasteiger partial charge is 0.459 e. The van der Waals surface area contributed by atoms with Gasteiger partial charge >= 0.3 is 0 Å². The fraction of sp³-hybridized carbons (Fsp3) is 0.375. The second-order valence-electron chi connectivity index (χ2n) is 8.64. The van der Waals surface area contributed by atoms with Crippen LogP contribution in [0.2, 0.25) is 0 Å². The van der Waals surface area contributed by atoms with Crippen molar-refractivity contribution in [3.8, 4) is 0 Å². The molecule has 2 aliphatic rings. The summed E-state index contributed by atoms with van der Waals surface area (Å²) < 4.78 is 31.5. The number of likely N-dealkylation sites (N-methyl/N-ethyl adjacent to an activating group) is 2. The second kappa shape index (κ2) is 9.17. The van der Waals surface area contributed by atoms with E-state index >= 15 is 0 Å². The first-order valence-electron chi connectivity index (χ1n) is 10.9. The SMILES string of the molecule is Cc1c(CN(C)C(=O)/C=C/C2=CN(C)C3NCCN(S(C)(=O)=O)CC3=C2)oc2ccccc12. The molecule has 2 aromatic rings. The number of sulfonamides is 1. The van der Waals surface area contributed by atoms with Gasteiger partial charge in [0.1, 0.15) is 17.5 Å². The molecule has 0 saturated carbocycles. The third-order valence-corrected chi connectivity index (χ3v) is 7.36. The van der Waals surface area contributed by atoms with Gasteiger partial charge in [-0.25, -0.2) is 8.42 Å². The van der Waals surface area contributed by atoms with Crippen LogP contribution in [0.1, 0.15) is 11.3 Å². The molecule has 9 heteroatoms. The summed E-state index contributed by atoms with van der Waals surface area (Å²) in [7, 11) is 0.394. The number of para-hydroxylation sites is 1. The molecule has 1 aromatic heterocycles. The van der Waals surface area contributed by atoms with Gasteiger partial charge in [-0.1, -0.05) is 18.2 Å². The number of nitrogens with one attached hydrogen (secondary N) is 1. The Morgan fingerprint density at radius 1 is 1.33 bits per heavy atom. The predicted octanol–water partition coefficient (Wildman–Crippen LogP) is 2.20. The maximum absolute atomic E-state index is 12.8. The number of nitrogens with zero attached hydrogens (tertiary/aromatic N) is 3. The van der Waals surface area contributed by atoms with Crippen molar-refractivity contribution >= 4 is 26.9 Å². The molecule has 8 nitrogen and oxygen atoms in total. The minimum absolute atomic E-state index is 0.0664. The molecule has 0 bridgehead atoms. The monoisotopic (exact) mass is 470 g/mol. The van der Waals surface area contributed by atoms with Crippen molar-refractivity contribution in [1.82, 2.24) is 19.4 Å². The fourth-order valence-electron chi connectivity index (χ4n) is 4.26. The van der Waals surface area contributed by atoms with Crippen LogP contribution in [0, 0.1) is 6.92 Å². The maximum atomic E-state index is 12.8. The average molecular weight is 471 g/mol. The molecule has 0 spiro atoms. The molecule has 33 heavy (non-hydrogen) atoms. The molecule has 1 aromatic carbocycles. The standard InChI is InChI=1S/C24H30N4O4S/c1-17-20-7-5-6-8-21(20)32-22(17)16-26(2)23(29)10-9-18-13-19-15-28(33(4,30)31)12-11-25-24(19)27(3)14-18/h5-10,13-14,24-25H,11-12,15-16H2,1-4H3/b10-9+. The summed E-state index contributed by atoms with van der Waals surface area (Å²) >= 11 is 0. The molecular formula is C24H30N4O4S. The van der Waals surface area contributed by atoms with E-state index in [1.807, 2.05) is 55.4 Å². The molecule has 3 heterocycles. The average Bonchev–Trinajstić information content (AvgIpc) is 2.93. The van der Waals surface area contributed by atoms with E-state index in [4.69, 9.17) is 4.42 Å². The predicted molar refractivity (Wildman–Crippen MR) is 129 cm³/mol. The summed E-state index contributed by atoms with van der Waals surface area (Å²) in [5, 5.41) is 4.44. The van der Waals surface area contributed by atoms with Gasteiger partial charge < -0.3 is 14.2 Å². The number of amides is 1. The Labute approximate surface area is 194 Å². The first-order chi connectivity index (χ1) is 15.6. The highest BCUT2D eigenvalue weighted by Crippen LogP contribution is 2.26. The summed E-state index contributed by atoms with van der Waals surface area (Å²) in [5.41, 5.74) is 3.64. The lowest BCUT2D eigenvalue weighted by molar-refractivity contribution is -0.125. The van der Waals surface area contributed by atoms with E-state index < -0.39 is 10.0 Å². The molecule has 1 saturated heterocycles. The Morgan fingerprint density at radius 3 is 2.82 bits per heavy atom. The number of carbonyl (C=O) groups excluding carboxylic acids is 1. The van der Waals surface area contributed by atoms with Crippen molar-refractivity contribution in [2.24, 2.45) is 0 Å². The minimum Gasteiger partial charge on any atom is -0.459 e. The van der Waals surface area contributed by atoms with Crippen molar-refractivity contribution in [2.45, 2.75) is 19.6 Å². The van der Waals surface area contributed by atoms with Gasteiger partial charge in [0, 0.05) is 57.0 Å². The lowest BCUT2D eigenvalue weighted by Crippen LogP contribution is -2.44. The lowest BCUT2D eigenvalue weighted by atomic mass is 10.0. The van der Waals surface area contributed by atoms with E-state index in [0.29, 0.717) is 26.2 Å². The number of aryl methyl sites for hydroxylation is 1. The Bertz CT molecular complexity index is 1260. The smallest absolute Gasteiger partial charge is 0.246 e. The van der Waals surface area contributed by atoms with Crippen LogP contribution < -0.4 is 5.32 Å². The zero-order chi connectivity index (χ0) is 23.8. The number of rotatable bonds is 5. The molecule has 2 aliphatic heterocycles. The van der Waals surface area contributed by atoms with Gasteiger partial charge in [-0.05, 0) is 36.3 Å². The number of hydrogen-bond donors (Lipinski definition) is 1. The first-order valence-corrected chi connectivity index (χ1v) is 12.7. The molecule has 1 N–H and O–H groups in total. The van der Waals surface area contributed by atoms with Crippen LogP contribution in [0.15, 0.2) is 64.3 Å². The number of benzene rings is 1. The Hall–Kier alpha value is -2.88. The van der Waals surface area contributed by atoms with Crippen LogP contribution in [-0.2, 0) is 21.4 Å². The number of hydrogen-bond acceptors (Lipinski definition) is 6. The minimum atomic E-state index is -3.29. The summed E-state index contributed by atoms with van der Waals surface area (Å²) in [6, 6.07) is 7.84. The van der Waals surface area contributed by atoms with Crippen LogP contribution in [0.5, 0.6) is 0 Å². The van der Waals surface area contributed by atoms with E-state index in [9.17, 15) is 13.2 Å². The molecule has 0 radical (unpaired) electrons. The van der Waals surface area contributed by atoms with Crippen LogP contribution in [0.4, 0.5) is 0 Å². The van der Waals surface area contributed by atoms with Crippen LogP contribution in [0.25, 0.3) is 11.0 Å². The zero-order valence-electron chi connectivity index (χ0n) is 19.4. The molecule has 0 aliphatic carbocycles. The van der Waals surface area contributed by atoms with Crippen LogP contribution >= 0.6 is 0 Å². The summed E-state index contributed by atoms with van der Waals surface area (Å²) in [5.74, 6) is 0.628. The van der Waals surface area contributed by atoms with E-state index in [1.54, 1.807) is 18.0 Å². The number of carbonyl (C=O) groups is 1. The van der Waals surface area contributed by atoms with Gasteiger partial charge in [0.25, 0.3) is 0 Å². The number of furan rings is 1. The fourth-order valence-corrected chi connectivity index (χ4v) is 5.06. The molecule has 1 unspecified atom stereocenters. The van der Waals surface area contributed by atoms with Crippen molar-refractivity contribution in [3.05, 3.63) is 71.2 Å². The van der Waals surface area contributed by atoms with Crippen molar-refractivity contribution < 1.29 is 17.6 Å². The third-order valence-electron chi connectivity index (χ3n) is 6.11. The number of allylic oxidation sites excluding steroid dienone is 3. The lowest BCUT2D eigenvalue weighted by Gasteiger charge is -2.32. The highest BCUT2D eigenvalue weighted by atomic mass is 32.2. The zero-order valence-corrected chi connectivity index (χ0v) is 20.2. The quantitative estimate of drug-likeness (QED) is 0.675. The van der Waals surface area contributed by atoms with Crippen molar-refractivity contribution in [1.29, 1.82) is 0 Å². The molecule has 1 amide bonds. The summed E-state index contributed by atoms with van der Waals surface area (Å²) in [6.07, 6.45) is 8.37. The normalized spacial score (nSPS) is 19.9.